The van der Waals surface area contributed by atoms with Crippen LogP contribution in [-0.2, 0) is 4.74 Å². The summed E-state index contributed by atoms with van der Waals surface area (Å²) in [4.78, 5) is 21.0. The number of carbonyl (C=O) groups is 1. The Kier molecular flexibility index (Phi) is 6.05. The van der Waals surface area contributed by atoms with Crippen molar-refractivity contribution in [1.82, 2.24) is 9.38 Å². The third kappa shape index (κ3) is 4.20. The first-order valence-corrected chi connectivity index (χ1v) is 9.23. The number of aromatic nitrogens is 2. The fourth-order valence-electron chi connectivity index (χ4n) is 2.69. The first kappa shape index (κ1) is 20.0. The predicted molar refractivity (Wildman–Crippen MR) is 111 cm³/mol. The zero-order valence-electron chi connectivity index (χ0n) is 15.4. The van der Waals surface area contributed by atoms with Crippen molar-refractivity contribution in [3.63, 3.8) is 0 Å². The molecule has 0 atom stereocenters. The second-order valence-corrected chi connectivity index (χ2v) is 6.95. The number of carbonyl (C=O) groups excluding carboxylic acids is 1. The van der Waals surface area contributed by atoms with Crippen molar-refractivity contribution in [3.05, 3.63) is 57.7 Å². The molecule has 28 heavy (non-hydrogen) atoms. The molecular formula is C19H19BrFN5O2. The van der Waals surface area contributed by atoms with Gasteiger partial charge in [0.2, 0.25) is 0 Å². The summed E-state index contributed by atoms with van der Waals surface area (Å²) >= 11 is 3.41. The van der Waals surface area contributed by atoms with E-state index in [2.05, 4.69) is 31.2 Å². The molecule has 0 radical (unpaired) electrons. The number of rotatable bonds is 6. The van der Waals surface area contributed by atoms with E-state index in [0.29, 0.717) is 34.6 Å². The van der Waals surface area contributed by atoms with Crippen molar-refractivity contribution in [2.45, 2.75) is 6.92 Å². The van der Waals surface area contributed by atoms with Crippen molar-refractivity contribution in [1.29, 1.82) is 0 Å². The number of imidazole rings is 1. The van der Waals surface area contributed by atoms with Crippen LogP contribution in [0.1, 0.15) is 21.6 Å². The number of nitrogens with one attached hydrogen (secondary N) is 1. The van der Waals surface area contributed by atoms with Gasteiger partial charge in [0.05, 0.1) is 35.8 Å². The molecule has 0 aliphatic heterocycles. The minimum atomic E-state index is -0.527. The number of amides is 1. The Labute approximate surface area is 169 Å². The number of benzene rings is 1. The molecule has 1 aromatic carbocycles. The Bertz CT molecular complexity index is 1060. The lowest BCUT2D eigenvalue weighted by Gasteiger charge is -2.11. The Morgan fingerprint density at radius 2 is 2.25 bits per heavy atom. The molecule has 2 aromatic heterocycles. The highest BCUT2D eigenvalue weighted by Crippen LogP contribution is 2.26. The number of nitrogens with two attached hydrogens (primary N) is 1. The third-order valence-corrected chi connectivity index (χ3v) is 4.70. The van der Waals surface area contributed by atoms with Crippen LogP contribution in [0.3, 0.4) is 0 Å². The van der Waals surface area contributed by atoms with Gasteiger partial charge in [0.1, 0.15) is 0 Å². The van der Waals surface area contributed by atoms with Crippen LogP contribution in [0.4, 0.5) is 15.8 Å². The molecule has 0 spiro atoms. The summed E-state index contributed by atoms with van der Waals surface area (Å²) in [6, 6.07) is 4.53. The van der Waals surface area contributed by atoms with Crippen molar-refractivity contribution in [3.8, 4) is 0 Å². The van der Waals surface area contributed by atoms with Crippen molar-refractivity contribution in [2.75, 3.05) is 31.3 Å². The summed E-state index contributed by atoms with van der Waals surface area (Å²) in [6.45, 7) is 2.72. The number of anilines is 2. The maximum atomic E-state index is 14.2. The average Bonchev–Trinajstić information content (AvgIpc) is 3.01. The van der Waals surface area contributed by atoms with E-state index in [1.54, 1.807) is 44.8 Å². The molecule has 0 unspecified atom stereocenters. The Hall–Kier alpha value is -2.78. The van der Waals surface area contributed by atoms with E-state index in [-0.39, 0.29) is 16.9 Å². The van der Waals surface area contributed by atoms with Gasteiger partial charge in [0, 0.05) is 41.8 Å². The Morgan fingerprint density at radius 1 is 1.46 bits per heavy atom. The van der Waals surface area contributed by atoms with E-state index in [1.807, 2.05) is 0 Å². The molecule has 3 aromatic rings. The largest absolute Gasteiger partial charge is 0.398 e. The Balaban J connectivity index is 1.87. The van der Waals surface area contributed by atoms with Gasteiger partial charge in [0.25, 0.3) is 5.91 Å². The zero-order valence-corrected chi connectivity index (χ0v) is 17.0. The standard InChI is InChI=1S/C19H19BrFN5O2/c1-11-9-26-10-12(7-16(21)18(26)24-11)25-19(27)13-3-4-15(20)14(17(13)22)8-23-5-6-28-2/h3-4,7-10H,5-6,22H2,1-2H3,(H,25,27). The SMILES string of the molecule is COCCN=Cc1c(Br)ccc(C(=O)Nc2cc(F)c3nc(C)cn3c2)c1N. The lowest BCUT2D eigenvalue weighted by atomic mass is 10.1. The first-order chi connectivity index (χ1) is 13.4. The molecule has 0 aliphatic carbocycles. The monoisotopic (exact) mass is 447 g/mol. The molecule has 3 N–H and O–H groups in total. The molecule has 0 saturated heterocycles. The number of ether oxygens (including phenoxy) is 1. The van der Waals surface area contributed by atoms with E-state index in [9.17, 15) is 9.18 Å². The lowest BCUT2D eigenvalue weighted by Crippen LogP contribution is -2.16. The van der Waals surface area contributed by atoms with E-state index >= 15 is 0 Å². The number of aryl methyl sites for hydroxylation is 1. The molecule has 3 rings (SSSR count). The second kappa shape index (κ2) is 8.49. The van der Waals surface area contributed by atoms with Crippen molar-refractivity contribution >= 4 is 45.1 Å². The van der Waals surface area contributed by atoms with Gasteiger partial charge >= 0.3 is 0 Å². The molecule has 1 amide bonds. The maximum Gasteiger partial charge on any atom is 0.257 e. The van der Waals surface area contributed by atoms with E-state index in [4.69, 9.17) is 10.5 Å². The van der Waals surface area contributed by atoms with Gasteiger partial charge in [-0.05, 0) is 19.1 Å². The van der Waals surface area contributed by atoms with Crippen molar-refractivity contribution in [2.24, 2.45) is 4.99 Å². The highest BCUT2D eigenvalue weighted by Gasteiger charge is 2.16. The summed E-state index contributed by atoms with van der Waals surface area (Å²) < 4.78 is 21.4. The van der Waals surface area contributed by atoms with Gasteiger partial charge < -0.3 is 20.2 Å². The minimum absolute atomic E-state index is 0.202. The van der Waals surface area contributed by atoms with Gasteiger partial charge in [0.15, 0.2) is 11.5 Å². The van der Waals surface area contributed by atoms with Crippen LogP contribution in [-0.4, -0.2) is 41.8 Å². The summed E-state index contributed by atoms with van der Waals surface area (Å²) in [7, 11) is 1.59. The van der Waals surface area contributed by atoms with Gasteiger partial charge in [-0.25, -0.2) is 9.37 Å². The number of halogens is 2. The Morgan fingerprint density at radius 3 is 3.00 bits per heavy atom. The number of aliphatic imine (C=N–C) groups is 1. The summed E-state index contributed by atoms with van der Waals surface area (Å²) in [5.74, 6) is -0.979. The number of pyridine rings is 1. The molecule has 0 aliphatic rings. The lowest BCUT2D eigenvalue weighted by molar-refractivity contribution is 0.102. The zero-order chi connectivity index (χ0) is 20.3. The number of hydrogen-bond donors (Lipinski definition) is 2. The van der Waals surface area contributed by atoms with Crippen LogP contribution in [0.15, 0.2) is 40.1 Å². The minimum Gasteiger partial charge on any atom is -0.398 e. The highest BCUT2D eigenvalue weighted by molar-refractivity contribution is 9.10. The number of methoxy groups -OCH3 is 1. The van der Waals surface area contributed by atoms with Gasteiger partial charge in [-0.1, -0.05) is 15.9 Å². The molecule has 9 heteroatoms. The predicted octanol–water partition coefficient (Wildman–Crippen LogP) is 3.44. The fraction of sp³-hybridized carbons (Fsp3) is 0.211. The number of hydrogen-bond acceptors (Lipinski definition) is 5. The third-order valence-electron chi connectivity index (χ3n) is 4.01. The van der Waals surface area contributed by atoms with Gasteiger partial charge in [-0.3, -0.25) is 9.79 Å². The molecule has 0 fully saturated rings. The maximum absolute atomic E-state index is 14.2. The van der Waals surface area contributed by atoms with E-state index in [0.717, 1.165) is 0 Å². The van der Waals surface area contributed by atoms with Crippen LogP contribution < -0.4 is 11.1 Å². The van der Waals surface area contributed by atoms with Crippen molar-refractivity contribution < 1.29 is 13.9 Å². The van der Waals surface area contributed by atoms with Crippen LogP contribution in [0.25, 0.3) is 5.65 Å². The number of nitrogens with zero attached hydrogens (tertiary/aromatic N) is 3. The first-order valence-electron chi connectivity index (χ1n) is 8.43. The van der Waals surface area contributed by atoms with Crippen LogP contribution in [0.5, 0.6) is 0 Å². The van der Waals surface area contributed by atoms with E-state index < -0.39 is 11.7 Å². The molecule has 146 valence electrons. The fourth-order valence-corrected chi connectivity index (χ4v) is 3.13. The number of nitrogen functional groups attached to an aromatic ring is 1. The normalized spacial score (nSPS) is 11.4. The summed E-state index contributed by atoms with van der Waals surface area (Å²) in [5, 5.41) is 2.68. The van der Waals surface area contributed by atoms with Crippen LogP contribution >= 0.6 is 15.9 Å². The quantitative estimate of drug-likeness (QED) is 0.343. The van der Waals surface area contributed by atoms with Crippen LogP contribution in [0.2, 0.25) is 0 Å². The van der Waals surface area contributed by atoms with Gasteiger partial charge in [-0.15, -0.1) is 0 Å². The summed E-state index contributed by atoms with van der Waals surface area (Å²) in [5.41, 5.74) is 8.48. The van der Waals surface area contributed by atoms with Gasteiger partial charge in [-0.2, -0.15) is 0 Å². The van der Waals surface area contributed by atoms with Crippen LogP contribution in [0, 0.1) is 12.7 Å². The molecule has 0 saturated carbocycles. The average molecular weight is 448 g/mol. The summed E-state index contributed by atoms with van der Waals surface area (Å²) in [6.07, 6.45) is 4.87. The number of fused-ring (bicyclic) bond motifs is 1. The van der Waals surface area contributed by atoms with E-state index in [1.165, 1.54) is 10.5 Å². The smallest absolute Gasteiger partial charge is 0.257 e. The highest BCUT2D eigenvalue weighted by atomic mass is 79.9. The second-order valence-electron chi connectivity index (χ2n) is 6.09. The molecular weight excluding hydrogens is 429 g/mol. The molecule has 0 bridgehead atoms. The molecule has 7 nitrogen and oxygen atoms in total. The topological polar surface area (TPSA) is 94.0 Å². The molecule has 2 heterocycles.